The largest absolute Gasteiger partial charge is 0.456 e. The van der Waals surface area contributed by atoms with Gasteiger partial charge < -0.3 is 14.5 Å². The van der Waals surface area contributed by atoms with Crippen molar-refractivity contribution in [3.05, 3.63) is 190 Å². The first kappa shape index (κ1) is 37.9. The van der Waals surface area contributed by atoms with Gasteiger partial charge in [-0.25, -0.2) is 4.42 Å². The number of fused-ring (bicyclic) bond motifs is 2. The highest BCUT2D eigenvalue weighted by atomic mass is 16.5. The van der Waals surface area contributed by atoms with Crippen LogP contribution < -0.4 is 14.5 Å². The van der Waals surface area contributed by atoms with E-state index in [-0.39, 0.29) is 0 Å². The van der Waals surface area contributed by atoms with E-state index in [1.807, 2.05) is 0 Å². The highest BCUT2D eigenvalue weighted by molar-refractivity contribution is 5.93. The molecule has 298 valence electrons. The van der Waals surface area contributed by atoms with Gasteiger partial charge in [0.2, 0.25) is 0 Å². The molecule has 0 bridgehead atoms. The maximum atomic E-state index is 6.63. The fourth-order valence-electron chi connectivity index (χ4n) is 8.86. The van der Waals surface area contributed by atoms with Crippen molar-refractivity contribution in [3.63, 3.8) is 0 Å². The van der Waals surface area contributed by atoms with Crippen LogP contribution in [0.3, 0.4) is 0 Å². The van der Waals surface area contributed by atoms with Crippen LogP contribution in [0, 0.1) is 0 Å². The average molecular weight is 786 g/mol. The molecule has 0 unspecified atom stereocenters. The lowest BCUT2D eigenvalue weighted by Gasteiger charge is -2.24. The Morgan fingerprint density at radius 1 is 0.617 bits per heavy atom. The molecule has 0 saturated heterocycles. The molecule has 6 aromatic rings. The molecule has 3 aliphatic carbocycles. The zero-order valence-corrected chi connectivity index (χ0v) is 35.2. The Labute approximate surface area is 355 Å². The molecule has 0 spiro atoms. The van der Waals surface area contributed by atoms with Gasteiger partial charge in [-0.1, -0.05) is 91.0 Å². The van der Waals surface area contributed by atoms with Crippen molar-refractivity contribution in [1.29, 1.82) is 0 Å². The third kappa shape index (κ3) is 7.87. The lowest BCUT2D eigenvalue weighted by Crippen LogP contribution is -2.10. The number of nitrogens with zero attached hydrogens (tertiary/aromatic N) is 2. The fourth-order valence-corrected chi connectivity index (χ4v) is 8.86. The topological polar surface area (TPSA) is 27.0 Å². The van der Waals surface area contributed by atoms with E-state index in [4.69, 9.17) is 9.15 Å². The van der Waals surface area contributed by atoms with Crippen molar-refractivity contribution in [2.45, 2.75) is 56.8 Å². The monoisotopic (exact) mass is 785 g/mol. The maximum Gasteiger partial charge on any atom is 0.363 e. The van der Waals surface area contributed by atoms with Crippen molar-refractivity contribution in [1.82, 2.24) is 0 Å². The summed E-state index contributed by atoms with van der Waals surface area (Å²) < 4.78 is 13.3. The van der Waals surface area contributed by atoms with Gasteiger partial charge in [0, 0.05) is 62.3 Å². The minimum Gasteiger partial charge on any atom is -0.456 e. The molecule has 5 aromatic carbocycles. The van der Waals surface area contributed by atoms with Crippen LogP contribution in [-0.4, -0.2) is 28.2 Å². The first-order valence-electron chi connectivity index (χ1n) is 21.7. The number of rotatable bonds is 10. The van der Waals surface area contributed by atoms with Crippen molar-refractivity contribution in [3.8, 4) is 17.1 Å². The van der Waals surface area contributed by atoms with Crippen LogP contribution in [0.2, 0.25) is 0 Å². The summed E-state index contributed by atoms with van der Waals surface area (Å²) in [6.45, 7) is 0. The zero-order chi connectivity index (χ0) is 40.7. The van der Waals surface area contributed by atoms with Crippen LogP contribution in [0.15, 0.2) is 161 Å². The van der Waals surface area contributed by atoms with Crippen molar-refractivity contribution in [2.24, 2.45) is 0 Å². The normalized spacial score (nSPS) is 17.9. The Kier molecular flexibility index (Phi) is 10.1. The second-order valence-electron chi connectivity index (χ2n) is 17.4. The molecule has 0 atom stereocenters. The number of anilines is 2. The van der Waals surface area contributed by atoms with E-state index in [1.54, 1.807) is 0 Å². The molecule has 2 heterocycles. The molecule has 2 saturated carbocycles. The summed E-state index contributed by atoms with van der Waals surface area (Å²) >= 11 is 0. The van der Waals surface area contributed by atoms with Crippen LogP contribution in [-0.2, 0) is 0 Å². The lowest BCUT2D eigenvalue weighted by molar-refractivity contribution is 0.509. The molecule has 4 aliphatic rings. The summed E-state index contributed by atoms with van der Waals surface area (Å²) in [5, 5.41) is 1.11. The maximum absolute atomic E-state index is 6.63. The van der Waals surface area contributed by atoms with Gasteiger partial charge in [0.15, 0.2) is 0 Å². The molecule has 2 fully saturated rings. The SMILES string of the molecule is CN(C)c1ccc2c(c1)OC(c1ccccc1)=C/C2=C\C=C1/CCCC(/C=C/c2cc(-c3ccccc3)[o+]c3cc(N(C)C)ccc23)=C1c1cc(C2CC2)cc(C2CC2)c1. The Bertz CT molecular complexity index is 2730. The van der Waals surface area contributed by atoms with Crippen LogP contribution in [0.5, 0.6) is 5.75 Å². The van der Waals surface area contributed by atoms with E-state index in [9.17, 15) is 0 Å². The molecule has 0 amide bonds. The smallest absolute Gasteiger partial charge is 0.363 e. The van der Waals surface area contributed by atoms with Gasteiger partial charge in [0.25, 0.3) is 0 Å². The summed E-state index contributed by atoms with van der Waals surface area (Å²) in [7, 11) is 8.31. The van der Waals surface area contributed by atoms with Crippen molar-refractivity contribution >= 4 is 45.3 Å². The molecular formula is C56H53N2O2+. The van der Waals surface area contributed by atoms with Gasteiger partial charge in [0.05, 0.1) is 23.1 Å². The molecule has 1 aliphatic heterocycles. The summed E-state index contributed by atoms with van der Waals surface area (Å²) in [4.78, 5) is 4.26. The predicted molar refractivity (Wildman–Crippen MR) is 252 cm³/mol. The molecule has 10 rings (SSSR count). The van der Waals surface area contributed by atoms with Crippen LogP contribution in [0.1, 0.15) is 90.2 Å². The third-order valence-electron chi connectivity index (χ3n) is 12.5. The minimum atomic E-state index is 0.690. The molecule has 1 aromatic heterocycles. The highest BCUT2D eigenvalue weighted by Crippen LogP contribution is 2.48. The van der Waals surface area contributed by atoms with Gasteiger partial charge in [0.1, 0.15) is 11.5 Å². The second-order valence-corrected chi connectivity index (χ2v) is 17.4. The number of benzene rings is 5. The minimum absolute atomic E-state index is 0.690. The molecule has 4 heteroatoms. The first-order chi connectivity index (χ1) is 29.3. The standard InChI is InChI=1S/C56H53N2O2/c1-57(2)48-26-28-50-43(33-52(59-54(50)35-48)39-12-7-5-8-13-39)24-22-41-16-11-17-42(56(41)47-31-45(37-18-19-37)30-46(32-47)38-20-21-38)23-25-44-34-53(40-14-9-6-10-15-40)60-55-36-49(58(3)4)27-29-51(44)55/h5-10,12-15,22-38H,11,16-21H2,1-4H3/q+1. The number of ether oxygens (including phenoxy) is 1. The quantitative estimate of drug-likeness (QED) is 0.129. The van der Waals surface area contributed by atoms with E-state index in [0.29, 0.717) is 11.8 Å². The Morgan fingerprint density at radius 3 is 1.97 bits per heavy atom. The fraction of sp³-hybridized carbons (Fsp3) is 0.232. The predicted octanol–water partition coefficient (Wildman–Crippen LogP) is 14.4. The highest BCUT2D eigenvalue weighted by Gasteiger charge is 2.30. The van der Waals surface area contributed by atoms with E-state index >= 15 is 0 Å². The van der Waals surface area contributed by atoms with Gasteiger partial charge in [-0.15, -0.1) is 0 Å². The summed E-state index contributed by atoms with van der Waals surface area (Å²) in [5.74, 6) is 4.00. The van der Waals surface area contributed by atoms with Crippen LogP contribution in [0.4, 0.5) is 11.4 Å². The lowest BCUT2D eigenvalue weighted by atomic mass is 9.81. The van der Waals surface area contributed by atoms with Crippen molar-refractivity contribution in [2.75, 3.05) is 38.0 Å². The molecule has 4 nitrogen and oxygen atoms in total. The Hall–Kier alpha value is -6.39. The Morgan fingerprint density at radius 2 is 1.28 bits per heavy atom. The third-order valence-corrected chi connectivity index (χ3v) is 12.5. The molecule has 0 radical (unpaired) electrons. The van der Waals surface area contributed by atoms with Crippen LogP contribution in [0.25, 0.3) is 45.3 Å². The average Bonchev–Trinajstić information content (AvgIpc) is 4.22. The van der Waals surface area contributed by atoms with Crippen molar-refractivity contribution < 1.29 is 9.15 Å². The summed E-state index contributed by atoms with van der Waals surface area (Å²) in [6.07, 6.45) is 20.1. The van der Waals surface area contributed by atoms with Gasteiger partial charge >= 0.3 is 11.3 Å². The molecule has 0 N–H and O–H groups in total. The van der Waals surface area contributed by atoms with Gasteiger partial charge in [-0.3, -0.25) is 0 Å². The number of allylic oxidation sites excluding steroid dienone is 8. The van der Waals surface area contributed by atoms with Gasteiger partial charge in [-0.2, -0.15) is 0 Å². The van der Waals surface area contributed by atoms with E-state index < -0.39 is 0 Å². The first-order valence-corrected chi connectivity index (χ1v) is 21.7. The van der Waals surface area contributed by atoms with Crippen LogP contribution >= 0.6 is 0 Å². The number of hydrogen-bond donors (Lipinski definition) is 0. The van der Waals surface area contributed by atoms with E-state index in [1.165, 1.54) is 59.1 Å². The second kappa shape index (κ2) is 16.0. The molecule has 60 heavy (non-hydrogen) atoms. The van der Waals surface area contributed by atoms with Gasteiger partial charge in [-0.05, 0) is 138 Å². The summed E-state index contributed by atoms with van der Waals surface area (Å²) in [6, 6.07) is 43.9. The molecular weight excluding hydrogens is 733 g/mol. The van der Waals surface area contributed by atoms with E-state index in [0.717, 1.165) is 86.7 Å². The Balaban J connectivity index is 1.13. The summed E-state index contributed by atoms with van der Waals surface area (Å²) in [5.41, 5.74) is 17.3. The van der Waals surface area contributed by atoms with E-state index in [2.05, 4.69) is 190 Å². The zero-order valence-electron chi connectivity index (χ0n) is 35.2. The number of hydrogen-bond acceptors (Lipinski definition) is 3.